The summed E-state index contributed by atoms with van der Waals surface area (Å²) < 4.78 is 0. The zero-order valence-corrected chi connectivity index (χ0v) is 18.7. The second kappa shape index (κ2) is 8.59. The number of benzene rings is 2. The lowest BCUT2D eigenvalue weighted by atomic mass is 10.0. The van der Waals surface area contributed by atoms with Gasteiger partial charge in [0.15, 0.2) is 5.17 Å². The highest BCUT2D eigenvalue weighted by atomic mass is 35.5. The first-order valence-corrected chi connectivity index (χ1v) is 10.6. The van der Waals surface area contributed by atoms with Crippen LogP contribution >= 0.6 is 23.4 Å². The first-order chi connectivity index (χ1) is 13.7. The molecule has 3 rings (SSSR count). The Balaban J connectivity index is 1.73. The maximum Gasteiger partial charge on any atom is 0.242 e. The normalized spacial score (nSPS) is 17.9. The molecule has 0 radical (unpaired) electrons. The van der Waals surface area contributed by atoms with Gasteiger partial charge in [0.1, 0.15) is 5.25 Å². The Bertz CT molecular complexity index is 996. The van der Waals surface area contributed by atoms with Gasteiger partial charge in [0, 0.05) is 24.2 Å². The predicted molar refractivity (Wildman–Crippen MR) is 121 cm³/mol. The topological polar surface area (TPSA) is 61.8 Å². The number of thioether (sulfide) groups is 1. The van der Waals surface area contributed by atoms with Gasteiger partial charge in [0.25, 0.3) is 0 Å². The van der Waals surface area contributed by atoms with Crippen LogP contribution in [0.5, 0.6) is 0 Å². The molecule has 0 spiro atoms. The molecule has 29 heavy (non-hydrogen) atoms. The lowest BCUT2D eigenvalue weighted by Crippen LogP contribution is -2.30. The summed E-state index contributed by atoms with van der Waals surface area (Å²) in [5.74, 6) is -0.295. The van der Waals surface area contributed by atoms with Crippen molar-refractivity contribution >= 4 is 51.7 Å². The third-order valence-corrected chi connectivity index (χ3v) is 6.29. The van der Waals surface area contributed by atoms with Crippen molar-refractivity contribution in [3.05, 3.63) is 57.6 Å². The monoisotopic (exact) mass is 429 g/mol. The molecule has 1 atom stereocenters. The standard InChI is InChI=1S/C22H24ClN3O2S/c1-12-8-14(3)20(15(4)9-12)25-19(27)11-18-21(28)26(5)22(29-18)24-17-7-6-16(23)10-13(17)2/h6-10,18H,11H2,1-5H3,(H,25,27)/t18-/m0/s1. The van der Waals surface area contributed by atoms with Gasteiger partial charge in [-0.05, 0) is 62.6 Å². The number of carbonyl (C=O) groups excluding carboxylic acids is 2. The van der Waals surface area contributed by atoms with Crippen molar-refractivity contribution in [2.24, 2.45) is 4.99 Å². The summed E-state index contributed by atoms with van der Waals surface area (Å²) >= 11 is 7.32. The number of aliphatic imine (C=N–C) groups is 1. The van der Waals surface area contributed by atoms with Gasteiger partial charge in [-0.15, -0.1) is 0 Å². The summed E-state index contributed by atoms with van der Waals surface area (Å²) in [5, 5.41) is 3.71. The molecule has 1 aliphatic heterocycles. The first kappa shape index (κ1) is 21.4. The average molecular weight is 430 g/mol. The number of nitrogens with one attached hydrogen (secondary N) is 1. The number of hydrogen-bond acceptors (Lipinski definition) is 4. The van der Waals surface area contributed by atoms with Crippen LogP contribution in [0.15, 0.2) is 35.3 Å². The minimum Gasteiger partial charge on any atom is -0.326 e. The van der Waals surface area contributed by atoms with Crippen molar-refractivity contribution in [3.63, 3.8) is 0 Å². The van der Waals surface area contributed by atoms with Crippen LogP contribution in [0.3, 0.4) is 0 Å². The fourth-order valence-corrected chi connectivity index (χ4v) is 4.75. The van der Waals surface area contributed by atoms with Crippen molar-refractivity contribution < 1.29 is 9.59 Å². The van der Waals surface area contributed by atoms with E-state index >= 15 is 0 Å². The maximum atomic E-state index is 12.6. The van der Waals surface area contributed by atoms with Gasteiger partial charge in [-0.1, -0.05) is 41.1 Å². The second-order valence-corrected chi connectivity index (χ2v) is 8.96. The van der Waals surface area contributed by atoms with Crippen molar-refractivity contribution in [2.45, 2.75) is 39.4 Å². The molecule has 1 heterocycles. The molecule has 0 bridgehead atoms. The zero-order valence-electron chi connectivity index (χ0n) is 17.2. The molecule has 0 saturated carbocycles. The van der Waals surface area contributed by atoms with Gasteiger partial charge in [-0.3, -0.25) is 14.5 Å². The predicted octanol–water partition coefficient (Wildman–Crippen LogP) is 5.16. The molecule has 0 aromatic heterocycles. The average Bonchev–Trinajstić information content (AvgIpc) is 2.88. The van der Waals surface area contributed by atoms with Crippen LogP contribution in [0.4, 0.5) is 11.4 Å². The Hall–Kier alpha value is -2.31. The highest BCUT2D eigenvalue weighted by Crippen LogP contribution is 2.32. The van der Waals surface area contributed by atoms with Gasteiger partial charge in [0.05, 0.1) is 5.69 Å². The summed E-state index contributed by atoms with van der Waals surface area (Å²) in [6, 6.07) is 9.49. The molecule has 0 unspecified atom stereocenters. The SMILES string of the molecule is Cc1cc(C)c(NC(=O)C[C@@H]2SC(=Nc3ccc(Cl)cc3C)N(C)C2=O)c(C)c1. The third-order valence-electron chi connectivity index (χ3n) is 4.83. The van der Waals surface area contributed by atoms with Gasteiger partial charge in [-0.2, -0.15) is 0 Å². The molecule has 1 aliphatic rings. The smallest absolute Gasteiger partial charge is 0.242 e. The van der Waals surface area contributed by atoms with Crippen LogP contribution in [-0.4, -0.2) is 34.2 Å². The molecular formula is C22H24ClN3O2S. The van der Waals surface area contributed by atoms with E-state index < -0.39 is 5.25 Å². The summed E-state index contributed by atoms with van der Waals surface area (Å²) in [5.41, 5.74) is 5.68. The number of anilines is 1. The summed E-state index contributed by atoms with van der Waals surface area (Å²) in [4.78, 5) is 31.4. The highest BCUT2D eigenvalue weighted by Gasteiger charge is 2.37. The molecule has 2 amide bonds. The van der Waals surface area contributed by atoms with Crippen LogP contribution in [-0.2, 0) is 9.59 Å². The molecule has 152 valence electrons. The number of hydrogen-bond donors (Lipinski definition) is 1. The van der Waals surface area contributed by atoms with Crippen molar-refractivity contribution in [2.75, 3.05) is 12.4 Å². The molecule has 7 heteroatoms. The Morgan fingerprint density at radius 3 is 2.41 bits per heavy atom. The van der Waals surface area contributed by atoms with E-state index in [0.717, 1.165) is 33.6 Å². The number of rotatable bonds is 4. The fraction of sp³-hybridized carbons (Fsp3) is 0.318. The maximum absolute atomic E-state index is 12.6. The van der Waals surface area contributed by atoms with Crippen LogP contribution in [0.2, 0.25) is 5.02 Å². The van der Waals surface area contributed by atoms with E-state index in [4.69, 9.17) is 11.6 Å². The van der Waals surface area contributed by atoms with Crippen molar-refractivity contribution in [1.82, 2.24) is 4.90 Å². The lowest BCUT2D eigenvalue weighted by Gasteiger charge is -2.14. The molecule has 0 aliphatic carbocycles. The number of nitrogens with zero attached hydrogens (tertiary/aromatic N) is 2. The van der Waals surface area contributed by atoms with E-state index in [1.165, 1.54) is 16.7 Å². The summed E-state index contributed by atoms with van der Waals surface area (Å²) in [7, 11) is 1.69. The Labute approximate surface area is 180 Å². The minimum atomic E-state index is -0.489. The van der Waals surface area contributed by atoms with Gasteiger partial charge >= 0.3 is 0 Å². The quantitative estimate of drug-likeness (QED) is 0.729. The lowest BCUT2D eigenvalue weighted by molar-refractivity contribution is -0.127. The van der Waals surface area contributed by atoms with Gasteiger partial charge in [0.2, 0.25) is 11.8 Å². The second-order valence-electron chi connectivity index (χ2n) is 7.35. The molecule has 1 N–H and O–H groups in total. The number of amides is 2. The largest absolute Gasteiger partial charge is 0.326 e. The van der Waals surface area contributed by atoms with E-state index in [1.807, 2.05) is 52.0 Å². The first-order valence-electron chi connectivity index (χ1n) is 9.32. The Morgan fingerprint density at radius 1 is 1.14 bits per heavy atom. The van der Waals surface area contributed by atoms with E-state index in [9.17, 15) is 9.59 Å². The minimum absolute atomic E-state index is 0.0964. The molecule has 1 saturated heterocycles. The van der Waals surface area contributed by atoms with Crippen LogP contribution in [0.25, 0.3) is 0 Å². The Kier molecular flexibility index (Phi) is 6.34. The number of aryl methyl sites for hydroxylation is 4. The number of amidine groups is 1. The van der Waals surface area contributed by atoms with Crippen LogP contribution in [0, 0.1) is 27.7 Å². The molecule has 5 nitrogen and oxygen atoms in total. The Morgan fingerprint density at radius 2 is 1.79 bits per heavy atom. The van der Waals surface area contributed by atoms with E-state index in [1.54, 1.807) is 13.1 Å². The van der Waals surface area contributed by atoms with Gasteiger partial charge in [-0.25, -0.2) is 4.99 Å². The number of carbonyl (C=O) groups is 2. The number of halogens is 1. The third kappa shape index (κ3) is 4.82. The van der Waals surface area contributed by atoms with Gasteiger partial charge < -0.3 is 5.32 Å². The fourth-order valence-electron chi connectivity index (χ4n) is 3.38. The summed E-state index contributed by atoms with van der Waals surface area (Å²) in [6.45, 7) is 7.89. The van der Waals surface area contributed by atoms with E-state index in [2.05, 4.69) is 10.3 Å². The molecule has 2 aromatic rings. The van der Waals surface area contributed by atoms with E-state index in [0.29, 0.717) is 10.2 Å². The molecular weight excluding hydrogens is 406 g/mol. The van der Waals surface area contributed by atoms with Crippen LogP contribution in [0.1, 0.15) is 28.7 Å². The zero-order chi connectivity index (χ0) is 21.3. The van der Waals surface area contributed by atoms with Crippen molar-refractivity contribution in [1.29, 1.82) is 0 Å². The highest BCUT2D eigenvalue weighted by molar-refractivity contribution is 8.15. The van der Waals surface area contributed by atoms with Crippen LogP contribution < -0.4 is 5.32 Å². The molecule has 2 aromatic carbocycles. The molecule has 1 fully saturated rings. The summed E-state index contributed by atoms with van der Waals surface area (Å²) in [6.07, 6.45) is 0.0964. The van der Waals surface area contributed by atoms with E-state index in [-0.39, 0.29) is 18.2 Å². The van der Waals surface area contributed by atoms with Crippen molar-refractivity contribution in [3.8, 4) is 0 Å².